The van der Waals surface area contributed by atoms with Crippen LogP contribution in [0.1, 0.15) is 16.6 Å². The summed E-state index contributed by atoms with van der Waals surface area (Å²) in [6.07, 6.45) is 1.84. The van der Waals surface area contributed by atoms with Crippen molar-refractivity contribution in [2.75, 3.05) is 26.8 Å². The fourth-order valence-electron chi connectivity index (χ4n) is 2.57. The summed E-state index contributed by atoms with van der Waals surface area (Å²) >= 11 is 12.3. The largest absolute Gasteiger partial charge is 0.496 e. The number of benzene rings is 1. The summed E-state index contributed by atoms with van der Waals surface area (Å²) in [6, 6.07) is 3.44. The fraction of sp³-hybridized carbons (Fsp3) is 0.278. The van der Waals surface area contributed by atoms with Gasteiger partial charge < -0.3 is 19.3 Å². The lowest BCUT2D eigenvalue weighted by Crippen LogP contribution is -2.05. The average molecular weight is 520 g/mol. The summed E-state index contributed by atoms with van der Waals surface area (Å²) in [5.74, 6) is -0.394. The van der Waals surface area contributed by atoms with Gasteiger partial charge in [-0.05, 0) is 41.2 Å². The highest BCUT2D eigenvalue weighted by Gasteiger charge is 2.26. The van der Waals surface area contributed by atoms with E-state index in [1.54, 1.807) is 19.2 Å². The number of fused-ring (bicyclic) bond motifs is 1. The summed E-state index contributed by atoms with van der Waals surface area (Å²) in [5, 5.41) is 11.0. The summed E-state index contributed by atoms with van der Waals surface area (Å²) in [7, 11) is 1.55. The van der Waals surface area contributed by atoms with Gasteiger partial charge in [-0.15, -0.1) is 11.3 Å². The van der Waals surface area contributed by atoms with Gasteiger partial charge >= 0.3 is 5.97 Å². The molecule has 1 N–H and O–H groups in total. The van der Waals surface area contributed by atoms with Gasteiger partial charge in [0, 0.05) is 12.2 Å². The molecular weight excluding hydrogens is 504 g/mol. The van der Waals surface area contributed by atoms with Gasteiger partial charge in [-0.3, -0.25) is 0 Å². The van der Waals surface area contributed by atoms with Crippen molar-refractivity contribution in [1.82, 2.24) is 9.97 Å². The van der Waals surface area contributed by atoms with Crippen LogP contribution in [0.2, 0.25) is 5.02 Å². The molecule has 0 aliphatic carbocycles. The smallest absolute Gasteiger partial charge is 0.349 e. The number of aromatic nitrogens is 2. The lowest BCUT2D eigenvalue weighted by Gasteiger charge is -2.12. The average Bonchev–Trinajstić information content (AvgIpc) is 3.06. The predicted molar refractivity (Wildman–Crippen MR) is 118 cm³/mol. The third-order valence-corrected chi connectivity index (χ3v) is 6.38. The molecule has 0 atom stereocenters. The molecule has 0 fully saturated rings. The van der Waals surface area contributed by atoms with Gasteiger partial charge in [0.05, 0.1) is 27.7 Å². The molecule has 11 heteroatoms. The first-order valence-electron chi connectivity index (χ1n) is 8.27. The zero-order valence-corrected chi connectivity index (χ0v) is 19.6. The topological polar surface area (TPSA) is 90.8 Å². The molecule has 0 spiro atoms. The first-order valence-corrected chi connectivity index (χ1v) is 11.5. The van der Waals surface area contributed by atoms with Gasteiger partial charge in [-0.1, -0.05) is 23.4 Å². The molecule has 3 aromatic rings. The second-order valence-corrected chi connectivity index (χ2v) is 8.56. The maximum atomic E-state index is 11.8. The molecule has 2 heterocycles. The Bertz CT molecular complexity index is 1080. The van der Waals surface area contributed by atoms with Crippen LogP contribution in [0, 0.1) is 0 Å². The second-order valence-electron chi connectivity index (χ2n) is 5.53. The summed E-state index contributed by atoms with van der Waals surface area (Å²) in [5.41, 5.74) is 1.04. The molecule has 0 aliphatic heterocycles. The minimum atomic E-state index is -1.12. The van der Waals surface area contributed by atoms with Crippen molar-refractivity contribution in [2.45, 2.75) is 12.1 Å². The number of carbonyl (C=O) groups is 1. The van der Waals surface area contributed by atoms with Crippen LogP contribution in [0.4, 0.5) is 0 Å². The highest BCUT2D eigenvalue weighted by Crippen LogP contribution is 2.45. The van der Waals surface area contributed by atoms with Gasteiger partial charge in [-0.25, -0.2) is 14.8 Å². The monoisotopic (exact) mass is 518 g/mol. The number of thiophene rings is 1. The maximum absolute atomic E-state index is 11.8. The molecule has 29 heavy (non-hydrogen) atoms. The maximum Gasteiger partial charge on any atom is 0.349 e. The van der Waals surface area contributed by atoms with E-state index >= 15 is 0 Å². The standard InChI is InChI=1S/C18H16BrClN2O5S2/c1-4-26-7-27-14-12-13(8-5-11(25-2)9(19)6-10(8)20)21-18(28-3)22-16(12)29-15(14)17(23)24/h5-6H,4,7H2,1-3H3,(H,23,24). The van der Waals surface area contributed by atoms with E-state index in [-0.39, 0.29) is 17.4 Å². The van der Waals surface area contributed by atoms with Crippen LogP contribution in [-0.2, 0) is 4.74 Å². The van der Waals surface area contributed by atoms with Crippen molar-refractivity contribution >= 4 is 66.8 Å². The normalized spacial score (nSPS) is 11.1. The summed E-state index contributed by atoms with van der Waals surface area (Å²) in [6.45, 7) is 2.16. The molecule has 0 unspecified atom stereocenters. The molecule has 3 rings (SSSR count). The number of carboxylic acids is 1. The predicted octanol–water partition coefficient (Wildman–Crippen LogP) is 5.58. The Kier molecular flexibility index (Phi) is 7.23. The van der Waals surface area contributed by atoms with E-state index < -0.39 is 5.97 Å². The van der Waals surface area contributed by atoms with Gasteiger partial charge in [-0.2, -0.15) is 0 Å². The molecule has 0 aliphatic rings. The number of halogens is 2. The number of rotatable bonds is 8. The van der Waals surface area contributed by atoms with E-state index in [4.69, 9.17) is 25.8 Å². The molecule has 0 radical (unpaired) electrons. The zero-order valence-electron chi connectivity index (χ0n) is 15.6. The Morgan fingerprint density at radius 1 is 1.38 bits per heavy atom. The Labute approximate surface area is 188 Å². The molecule has 0 amide bonds. The van der Waals surface area contributed by atoms with Crippen LogP contribution in [0.25, 0.3) is 21.5 Å². The number of nitrogens with zero attached hydrogens (tertiary/aromatic N) is 2. The van der Waals surface area contributed by atoms with E-state index in [0.717, 1.165) is 11.3 Å². The molecule has 154 valence electrons. The fourth-order valence-corrected chi connectivity index (χ4v) is 4.84. The number of hydrogen-bond acceptors (Lipinski definition) is 8. The van der Waals surface area contributed by atoms with E-state index in [1.165, 1.54) is 11.8 Å². The van der Waals surface area contributed by atoms with E-state index in [0.29, 0.717) is 48.5 Å². The number of carboxylic acid groups (broad SMARTS) is 1. The minimum absolute atomic E-state index is 0.0219. The van der Waals surface area contributed by atoms with Crippen LogP contribution in [-0.4, -0.2) is 47.8 Å². The first kappa shape index (κ1) is 22.1. The van der Waals surface area contributed by atoms with Gasteiger partial charge in [0.25, 0.3) is 0 Å². The van der Waals surface area contributed by atoms with Crippen LogP contribution in [0.15, 0.2) is 21.8 Å². The van der Waals surface area contributed by atoms with E-state index in [2.05, 4.69) is 25.9 Å². The minimum Gasteiger partial charge on any atom is -0.496 e. The van der Waals surface area contributed by atoms with Crippen LogP contribution in [0.5, 0.6) is 11.5 Å². The highest BCUT2D eigenvalue weighted by atomic mass is 79.9. The van der Waals surface area contributed by atoms with Crippen LogP contribution >= 0.6 is 50.6 Å². The molecule has 0 saturated heterocycles. The Hall–Kier alpha value is -1.59. The van der Waals surface area contributed by atoms with Gasteiger partial charge in [0.2, 0.25) is 0 Å². The Morgan fingerprint density at radius 3 is 2.76 bits per heavy atom. The van der Waals surface area contributed by atoms with E-state index in [9.17, 15) is 9.90 Å². The molecule has 0 saturated carbocycles. The van der Waals surface area contributed by atoms with Crippen LogP contribution < -0.4 is 9.47 Å². The zero-order chi connectivity index (χ0) is 21.1. The third kappa shape index (κ3) is 4.46. The molecular formula is C18H16BrClN2O5S2. The van der Waals surface area contributed by atoms with Crippen molar-refractivity contribution in [2.24, 2.45) is 0 Å². The quantitative estimate of drug-likeness (QED) is 0.179. The number of ether oxygens (including phenoxy) is 3. The number of hydrogen-bond donors (Lipinski definition) is 1. The number of aromatic carboxylic acids is 1. The van der Waals surface area contributed by atoms with Crippen molar-refractivity contribution in [1.29, 1.82) is 0 Å². The SMILES string of the molecule is CCOCOc1c(C(=O)O)sc2nc(SC)nc(-c3cc(OC)c(Br)cc3Cl)c12. The van der Waals surface area contributed by atoms with Crippen molar-refractivity contribution < 1.29 is 24.1 Å². The number of thioether (sulfide) groups is 1. The van der Waals surface area contributed by atoms with Gasteiger partial charge in [0.1, 0.15) is 10.6 Å². The first-order chi connectivity index (χ1) is 13.9. The third-order valence-electron chi connectivity index (χ3n) is 3.85. The second kappa shape index (κ2) is 9.48. The lowest BCUT2D eigenvalue weighted by atomic mass is 10.1. The lowest BCUT2D eigenvalue weighted by molar-refractivity contribution is 0.0226. The number of methoxy groups -OCH3 is 1. The van der Waals surface area contributed by atoms with Crippen molar-refractivity contribution in [3.8, 4) is 22.8 Å². The highest BCUT2D eigenvalue weighted by molar-refractivity contribution is 9.10. The summed E-state index contributed by atoms with van der Waals surface area (Å²) < 4.78 is 17.0. The molecule has 7 nitrogen and oxygen atoms in total. The Morgan fingerprint density at radius 2 is 2.14 bits per heavy atom. The van der Waals surface area contributed by atoms with E-state index in [1.807, 2.05) is 13.2 Å². The van der Waals surface area contributed by atoms with Crippen molar-refractivity contribution in [3.05, 3.63) is 26.5 Å². The van der Waals surface area contributed by atoms with Crippen molar-refractivity contribution in [3.63, 3.8) is 0 Å². The molecule has 0 bridgehead atoms. The van der Waals surface area contributed by atoms with Gasteiger partial charge in [0.15, 0.2) is 22.6 Å². The van der Waals surface area contributed by atoms with Crippen LogP contribution in [0.3, 0.4) is 0 Å². The summed E-state index contributed by atoms with van der Waals surface area (Å²) in [4.78, 5) is 21.4. The molecule has 1 aromatic carbocycles. The molecule has 2 aromatic heterocycles. The Balaban J connectivity index is 2.34.